The summed E-state index contributed by atoms with van der Waals surface area (Å²) < 4.78 is 3.47. The fourth-order valence-corrected chi connectivity index (χ4v) is 5.37. The van der Waals surface area contributed by atoms with Gasteiger partial charge in [0.1, 0.15) is 0 Å². The van der Waals surface area contributed by atoms with E-state index in [9.17, 15) is 9.59 Å². The summed E-state index contributed by atoms with van der Waals surface area (Å²) in [6.45, 7) is 9.99. The summed E-state index contributed by atoms with van der Waals surface area (Å²) in [5.41, 5.74) is 7.38. The van der Waals surface area contributed by atoms with Gasteiger partial charge < -0.3 is 5.32 Å². The average molecular weight is 498 g/mol. The second-order valence-corrected chi connectivity index (χ2v) is 10.1. The molecule has 36 heavy (non-hydrogen) atoms. The molecule has 5 rings (SSSR count). The summed E-state index contributed by atoms with van der Waals surface area (Å²) in [6.07, 6.45) is 0. The zero-order valence-corrected chi connectivity index (χ0v) is 21.7. The van der Waals surface area contributed by atoms with Crippen LogP contribution in [0.4, 0.5) is 5.69 Å². The van der Waals surface area contributed by atoms with Gasteiger partial charge in [0.05, 0.1) is 22.3 Å². The van der Waals surface area contributed by atoms with Crippen molar-refractivity contribution in [2.75, 3.05) is 11.1 Å². The predicted molar refractivity (Wildman–Crippen MR) is 146 cm³/mol. The number of nitrogens with one attached hydrogen (secondary N) is 1. The summed E-state index contributed by atoms with van der Waals surface area (Å²) in [5, 5.41) is 12.9. The van der Waals surface area contributed by atoms with Crippen LogP contribution in [0.25, 0.3) is 22.4 Å². The van der Waals surface area contributed by atoms with Crippen LogP contribution in [0.5, 0.6) is 0 Å². The molecule has 0 aliphatic carbocycles. The van der Waals surface area contributed by atoms with E-state index in [2.05, 4.69) is 27.6 Å². The maximum atomic E-state index is 13.6. The largest absolute Gasteiger partial charge is 0.325 e. The number of nitrogens with zero attached hydrogens (tertiary/aromatic N) is 4. The standard InChI is InChI=1S/C28H27N5O2S/c1-16-10-11-18(3)23(14-16)32-26(35)21-8-6-7-9-22(21)33-27(32)30-31-28(33)36-15-24(34)29-25-19(4)12-17(2)13-20(25)5/h6-14H,15H2,1-5H3,(H,29,34). The first-order chi connectivity index (χ1) is 17.2. The Morgan fingerprint density at radius 1 is 0.889 bits per heavy atom. The third kappa shape index (κ3) is 4.18. The monoisotopic (exact) mass is 497 g/mol. The summed E-state index contributed by atoms with van der Waals surface area (Å²) >= 11 is 1.29. The van der Waals surface area contributed by atoms with Crippen molar-refractivity contribution in [3.63, 3.8) is 0 Å². The molecule has 182 valence electrons. The van der Waals surface area contributed by atoms with E-state index in [0.29, 0.717) is 21.8 Å². The van der Waals surface area contributed by atoms with E-state index in [4.69, 9.17) is 0 Å². The molecule has 0 saturated carbocycles. The maximum absolute atomic E-state index is 13.6. The van der Waals surface area contributed by atoms with Gasteiger partial charge in [0.15, 0.2) is 5.16 Å². The van der Waals surface area contributed by atoms with Gasteiger partial charge in [-0.25, -0.2) is 4.57 Å². The van der Waals surface area contributed by atoms with Crippen LogP contribution < -0.4 is 10.9 Å². The highest BCUT2D eigenvalue weighted by molar-refractivity contribution is 7.99. The number of fused-ring (bicyclic) bond motifs is 3. The molecular formula is C28H27N5O2S. The topological polar surface area (TPSA) is 81.3 Å². The molecule has 8 heteroatoms. The van der Waals surface area contributed by atoms with E-state index in [1.807, 2.05) is 81.5 Å². The SMILES string of the molecule is Cc1cc(C)c(NC(=O)CSc2nnc3n(-c4cc(C)ccc4C)c(=O)c4ccccc4n23)c(C)c1. The number of carbonyl (C=O) groups is 1. The Morgan fingerprint density at radius 3 is 2.36 bits per heavy atom. The van der Waals surface area contributed by atoms with Gasteiger partial charge >= 0.3 is 0 Å². The molecule has 2 heterocycles. The van der Waals surface area contributed by atoms with E-state index in [1.54, 1.807) is 4.57 Å². The molecular weight excluding hydrogens is 470 g/mol. The van der Waals surface area contributed by atoms with Crippen LogP contribution in [-0.4, -0.2) is 30.8 Å². The molecule has 1 N–H and O–H groups in total. The number of aromatic nitrogens is 4. The number of carbonyl (C=O) groups excluding carboxylic acids is 1. The molecule has 0 bridgehead atoms. The van der Waals surface area contributed by atoms with E-state index in [0.717, 1.165) is 39.2 Å². The summed E-state index contributed by atoms with van der Waals surface area (Å²) in [4.78, 5) is 26.5. The Morgan fingerprint density at radius 2 is 1.61 bits per heavy atom. The van der Waals surface area contributed by atoms with Crippen LogP contribution in [0.1, 0.15) is 27.8 Å². The molecule has 0 aliphatic rings. The van der Waals surface area contributed by atoms with E-state index in [1.165, 1.54) is 11.8 Å². The lowest BCUT2D eigenvalue weighted by Crippen LogP contribution is -2.22. The summed E-state index contributed by atoms with van der Waals surface area (Å²) in [5.74, 6) is 0.448. The van der Waals surface area contributed by atoms with Gasteiger partial charge in [0.2, 0.25) is 11.7 Å². The van der Waals surface area contributed by atoms with Crippen LogP contribution in [0.3, 0.4) is 0 Å². The third-order valence-electron chi connectivity index (χ3n) is 6.27. The van der Waals surface area contributed by atoms with Gasteiger partial charge in [-0.05, 0) is 75.1 Å². The van der Waals surface area contributed by atoms with Gasteiger partial charge in [-0.3, -0.25) is 14.0 Å². The number of anilines is 1. The Hall–Kier alpha value is -3.91. The van der Waals surface area contributed by atoms with Crippen molar-refractivity contribution in [2.24, 2.45) is 0 Å². The first-order valence-corrected chi connectivity index (χ1v) is 12.7. The first kappa shape index (κ1) is 23.8. The summed E-state index contributed by atoms with van der Waals surface area (Å²) in [7, 11) is 0. The lowest BCUT2D eigenvalue weighted by Gasteiger charge is -2.14. The van der Waals surface area contributed by atoms with Gasteiger partial charge in [0.25, 0.3) is 5.56 Å². The smallest absolute Gasteiger partial charge is 0.267 e. The molecule has 0 aliphatic heterocycles. The molecule has 0 spiro atoms. The average Bonchev–Trinajstić information content (AvgIpc) is 3.26. The number of hydrogen-bond donors (Lipinski definition) is 1. The molecule has 0 atom stereocenters. The lowest BCUT2D eigenvalue weighted by molar-refractivity contribution is -0.113. The van der Waals surface area contributed by atoms with Gasteiger partial charge in [0, 0.05) is 5.69 Å². The molecule has 0 radical (unpaired) electrons. The van der Waals surface area contributed by atoms with Crippen LogP contribution in [0.2, 0.25) is 0 Å². The number of aryl methyl sites for hydroxylation is 5. The number of amides is 1. The fraction of sp³-hybridized carbons (Fsp3) is 0.214. The molecule has 3 aromatic carbocycles. The molecule has 0 saturated heterocycles. The van der Waals surface area contributed by atoms with Crippen molar-refractivity contribution >= 4 is 40.0 Å². The van der Waals surface area contributed by atoms with Crippen molar-refractivity contribution in [3.8, 4) is 5.69 Å². The van der Waals surface area contributed by atoms with Crippen LogP contribution in [-0.2, 0) is 4.79 Å². The number of thioether (sulfide) groups is 1. The van der Waals surface area contributed by atoms with E-state index < -0.39 is 0 Å². The Kier molecular flexibility index (Phi) is 6.14. The van der Waals surface area contributed by atoms with Gasteiger partial charge in [-0.1, -0.05) is 53.7 Å². The highest BCUT2D eigenvalue weighted by Crippen LogP contribution is 2.26. The fourth-order valence-electron chi connectivity index (χ4n) is 4.63. The normalized spacial score (nSPS) is 11.4. The number of para-hydroxylation sites is 1. The molecule has 2 aromatic heterocycles. The Labute approximate surface area is 213 Å². The predicted octanol–water partition coefficient (Wildman–Crippen LogP) is 5.31. The maximum Gasteiger partial charge on any atom is 0.267 e. The Balaban J connectivity index is 1.56. The minimum Gasteiger partial charge on any atom is -0.325 e. The summed E-state index contributed by atoms with van der Waals surface area (Å²) in [6, 6.07) is 17.5. The lowest BCUT2D eigenvalue weighted by atomic mass is 10.1. The highest BCUT2D eigenvalue weighted by Gasteiger charge is 2.20. The van der Waals surface area contributed by atoms with E-state index >= 15 is 0 Å². The van der Waals surface area contributed by atoms with E-state index in [-0.39, 0.29) is 17.2 Å². The second kappa shape index (κ2) is 9.28. The van der Waals surface area contributed by atoms with Crippen molar-refractivity contribution < 1.29 is 4.79 Å². The Bertz CT molecular complexity index is 1690. The molecule has 1 amide bonds. The zero-order valence-electron chi connectivity index (χ0n) is 20.9. The van der Waals surface area contributed by atoms with Crippen LogP contribution in [0.15, 0.2) is 64.5 Å². The molecule has 0 unspecified atom stereocenters. The zero-order chi connectivity index (χ0) is 25.6. The van der Waals surface area contributed by atoms with Crippen molar-refractivity contribution in [1.29, 1.82) is 0 Å². The molecule has 7 nitrogen and oxygen atoms in total. The third-order valence-corrected chi connectivity index (χ3v) is 7.20. The first-order valence-electron chi connectivity index (χ1n) is 11.7. The van der Waals surface area contributed by atoms with Gasteiger partial charge in [-0.2, -0.15) is 0 Å². The highest BCUT2D eigenvalue weighted by atomic mass is 32.2. The minimum atomic E-state index is -0.154. The molecule has 0 fully saturated rings. The van der Waals surface area contributed by atoms with Crippen LogP contribution >= 0.6 is 11.8 Å². The van der Waals surface area contributed by atoms with Crippen molar-refractivity contribution in [2.45, 2.75) is 39.8 Å². The molecule has 5 aromatic rings. The van der Waals surface area contributed by atoms with Crippen LogP contribution in [0, 0.1) is 34.6 Å². The van der Waals surface area contributed by atoms with Crippen molar-refractivity contribution in [1.82, 2.24) is 19.2 Å². The number of benzene rings is 3. The van der Waals surface area contributed by atoms with Crippen molar-refractivity contribution in [3.05, 3.63) is 92.8 Å². The minimum absolute atomic E-state index is 0.126. The second-order valence-electron chi connectivity index (χ2n) is 9.18. The van der Waals surface area contributed by atoms with Gasteiger partial charge in [-0.15, -0.1) is 10.2 Å². The number of rotatable bonds is 5. The number of hydrogen-bond acceptors (Lipinski definition) is 5. The quantitative estimate of drug-likeness (QED) is 0.333.